The summed E-state index contributed by atoms with van der Waals surface area (Å²) in [4.78, 5) is 27.7. The number of esters is 1. The Kier molecular flexibility index (Phi) is 8.63. The fourth-order valence-corrected chi connectivity index (χ4v) is 3.76. The lowest BCUT2D eigenvalue weighted by molar-refractivity contribution is -0.134. The van der Waals surface area contributed by atoms with Crippen molar-refractivity contribution in [3.8, 4) is 5.75 Å². The number of nitrogens with one attached hydrogen (secondary N) is 1. The SMILES string of the molecule is O=C(CCc1cccs1)Oc1ccccc1NC(=O)N(CCO)CCc1ccccc1. The predicted octanol–water partition coefficient (Wildman–Crippen LogP) is 4.36. The maximum absolute atomic E-state index is 12.8. The fraction of sp³-hybridized carbons (Fsp3) is 0.250. The number of benzene rings is 2. The van der Waals surface area contributed by atoms with Gasteiger partial charge in [0.25, 0.3) is 0 Å². The van der Waals surface area contributed by atoms with Gasteiger partial charge in [0.2, 0.25) is 0 Å². The highest BCUT2D eigenvalue weighted by Gasteiger charge is 2.16. The zero-order valence-electron chi connectivity index (χ0n) is 17.2. The molecule has 0 fully saturated rings. The summed E-state index contributed by atoms with van der Waals surface area (Å²) in [6.45, 7) is 0.530. The average molecular weight is 439 g/mol. The van der Waals surface area contributed by atoms with Gasteiger partial charge in [-0.2, -0.15) is 0 Å². The lowest BCUT2D eigenvalue weighted by Gasteiger charge is -2.23. The van der Waals surface area contributed by atoms with E-state index in [0.29, 0.717) is 30.8 Å². The van der Waals surface area contributed by atoms with Crippen LogP contribution in [0.15, 0.2) is 72.1 Å². The topological polar surface area (TPSA) is 78.9 Å². The highest BCUT2D eigenvalue weighted by atomic mass is 32.1. The van der Waals surface area contributed by atoms with Crippen molar-refractivity contribution in [2.24, 2.45) is 0 Å². The number of ether oxygens (including phenoxy) is 1. The lowest BCUT2D eigenvalue weighted by Crippen LogP contribution is -2.38. The molecule has 0 bridgehead atoms. The van der Waals surface area contributed by atoms with Crippen LogP contribution in [-0.2, 0) is 17.6 Å². The van der Waals surface area contributed by atoms with Gasteiger partial charge in [0, 0.05) is 18.0 Å². The number of nitrogens with zero attached hydrogens (tertiary/aromatic N) is 1. The molecule has 0 spiro atoms. The molecule has 0 radical (unpaired) electrons. The van der Waals surface area contributed by atoms with Gasteiger partial charge in [0.15, 0.2) is 5.75 Å². The van der Waals surface area contributed by atoms with E-state index in [1.807, 2.05) is 47.8 Å². The first-order chi connectivity index (χ1) is 15.2. The second-order valence-corrected chi connectivity index (χ2v) is 7.96. The quantitative estimate of drug-likeness (QED) is 0.364. The van der Waals surface area contributed by atoms with Crippen molar-refractivity contribution in [3.05, 3.63) is 82.6 Å². The fourth-order valence-electron chi connectivity index (χ4n) is 3.05. The number of hydrogen-bond donors (Lipinski definition) is 2. The third-order valence-electron chi connectivity index (χ3n) is 4.68. The highest BCUT2D eigenvalue weighted by Crippen LogP contribution is 2.25. The van der Waals surface area contributed by atoms with E-state index in [-0.39, 0.29) is 31.6 Å². The van der Waals surface area contributed by atoms with Crippen molar-refractivity contribution < 1.29 is 19.4 Å². The molecule has 0 unspecified atom stereocenters. The van der Waals surface area contributed by atoms with Gasteiger partial charge in [-0.15, -0.1) is 11.3 Å². The van der Waals surface area contributed by atoms with Crippen LogP contribution in [-0.4, -0.2) is 41.7 Å². The first-order valence-corrected chi connectivity index (χ1v) is 11.1. The number of para-hydroxylation sites is 2. The van der Waals surface area contributed by atoms with Crippen molar-refractivity contribution in [1.29, 1.82) is 0 Å². The maximum atomic E-state index is 12.8. The van der Waals surface area contributed by atoms with Crippen LogP contribution in [0.4, 0.5) is 10.5 Å². The number of urea groups is 1. The van der Waals surface area contributed by atoms with Gasteiger partial charge in [-0.3, -0.25) is 4.79 Å². The molecule has 1 heterocycles. The van der Waals surface area contributed by atoms with Gasteiger partial charge < -0.3 is 20.1 Å². The summed E-state index contributed by atoms with van der Waals surface area (Å²) in [5.41, 5.74) is 1.53. The molecular formula is C24H26N2O4S. The Bertz CT molecular complexity index is 961. The first kappa shape index (κ1) is 22.5. The summed E-state index contributed by atoms with van der Waals surface area (Å²) >= 11 is 1.60. The Balaban J connectivity index is 1.59. The minimum atomic E-state index is -0.355. The third-order valence-corrected chi connectivity index (χ3v) is 5.61. The van der Waals surface area contributed by atoms with Crippen LogP contribution in [0.1, 0.15) is 16.9 Å². The molecule has 1 aromatic heterocycles. The molecule has 7 heteroatoms. The molecule has 2 N–H and O–H groups in total. The second-order valence-electron chi connectivity index (χ2n) is 6.93. The number of anilines is 1. The summed E-state index contributed by atoms with van der Waals surface area (Å²) in [7, 11) is 0. The van der Waals surface area contributed by atoms with E-state index >= 15 is 0 Å². The smallest absolute Gasteiger partial charge is 0.322 e. The molecule has 0 aliphatic heterocycles. The van der Waals surface area contributed by atoms with E-state index in [1.54, 1.807) is 40.5 Å². The van der Waals surface area contributed by atoms with Gasteiger partial charge in [-0.1, -0.05) is 48.5 Å². The van der Waals surface area contributed by atoms with Gasteiger partial charge in [0.1, 0.15) is 0 Å². The van der Waals surface area contributed by atoms with Crippen molar-refractivity contribution >= 4 is 29.0 Å². The second kappa shape index (κ2) is 11.9. The summed E-state index contributed by atoms with van der Waals surface area (Å²) < 4.78 is 5.50. The largest absolute Gasteiger partial charge is 0.424 e. The molecule has 0 saturated carbocycles. The van der Waals surface area contributed by atoms with Crippen LogP contribution >= 0.6 is 11.3 Å². The number of carbonyl (C=O) groups excluding carboxylic acids is 2. The molecule has 0 saturated heterocycles. The lowest BCUT2D eigenvalue weighted by atomic mass is 10.1. The molecule has 0 atom stereocenters. The Labute approximate surface area is 186 Å². The van der Waals surface area contributed by atoms with E-state index in [9.17, 15) is 14.7 Å². The van der Waals surface area contributed by atoms with E-state index in [2.05, 4.69) is 5.32 Å². The van der Waals surface area contributed by atoms with E-state index in [4.69, 9.17) is 4.74 Å². The minimum absolute atomic E-state index is 0.137. The number of hydrogen-bond acceptors (Lipinski definition) is 5. The Hall–Kier alpha value is -3.16. The normalized spacial score (nSPS) is 10.5. The van der Waals surface area contributed by atoms with Gasteiger partial charge >= 0.3 is 12.0 Å². The van der Waals surface area contributed by atoms with E-state index in [0.717, 1.165) is 10.4 Å². The Morgan fingerprint density at radius 2 is 1.71 bits per heavy atom. The summed E-state index contributed by atoms with van der Waals surface area (Å²) in [5, 5.41) is 14.2. The first-order valence-electron chi connectivity index (χ1n) is 10.2. The Morgan fingerprint density at radius 1 is 0.935 bits per heavy atom. The van der Waals surface area contributed by atoms with Crippen molar-refractivity contribution in [1.82, 2.24) is 4.90 Å². The van der Waals surface area contributed by atoms with Gasteiger partial charge in [-0.25, -0.2) is 4.79 Å². The molecule has 6 nitrogen and oxygen atoms in total. The van der Waals surface area contributed by atoms with Crippen LogP contribution in [0.3, 0.4) is 0 Å². The molecule has 162 valence electrons. The standard InChI is InChI=1S/C24H26N2O4S/c27-17-16-26(15-14-19-7-2-1-3-8-19)24(29)25-21-10-4-5-11-22(21)30-23(28)13-12-20-9-6-18-31-20/h1-11,18,27H,12-17H2,(H,25,29). The van der Waals surface area contributed by atoms with Crippen molar-refractivity contribution in [3.63, 3.8) is 0 Å². The molecule has 0 aliphatic rings. The predicted molar refractivity (Wildman–Crippen MR) is 123 cm³/mol. The van der Waals surface area contributed by atoms with E-state index in [1.165, 1.54) is 0 Å². The Morgan fingerprint density at radius 3 is 2.45 bits per heavy atom. The molecular weight excluding hydrogens is 412 g/mol. The van der Waals surface area contributed by atoms with Crippen LogP contribution in [0.25, 0.3) is 0 Å². The van der Waals surface area contributed by atoms with Crippen LogP contribution < -0.4 is 10.1 Å². The monoisotopic (exact) mass is 438 g/mol. The maximum Gasteiger partial charge on any atom is 0.322 e. The number of aryl methyl sites for hydroxylation is 1. The van der Waals surface area contributed by atoms with Crippen LogP contribution in [0.5, 0.6) is 5.75 Å². The number of carbonyl (C=O) groups is 2. The zero-order chi connectivity index (χ0) is 21.9. The molecule has 2 amide bonds. The van der Waals surface area contributed by atoms with Crippen LogP contribution in [0.2, 0.25) is 0 Å². The summed E-state index contributed by atoms with van der Waals surface area (Å²) in [6, 6.07) is 20.3. The number of amides is 2. The number of aliphatic hydroxyl groups excluding tert-OH is 1. The highest BCUT2D eigenvalue weighted by molar-refractivity contribution is 7.09. The number of thiophene rings is 1. The molecule has 0 aliphatic carbocycles. The zero-order valence-corrected chi connectivity index (χ0v) is 18.0. The van der Waals surface area contributed by atoms with E-state index < -0.39 is 0 Å². The number of rotatable bonds is 10. The molecule has 2 aromatic carbocycles. The minimum Gasteiger partial charge on any atom is -0.424 e. The summed E-state index contributed by atoms with van der Waals surface area (Å²) in [5.74, 6) is -0.0505. The van der Waals surface area contributed by atoms with Crippen molar-refractivity contribution in [2.75, 3.05) is 25.0 Å². The van der Waals surface area contributed by atoms with Gasteiger partial charge in [-0.05, 0) is 42.0 Å². The number of aliphatic hydroxyl groups is 1. The average Bonchev–Trinajstić information content (AvgIpc) is 3.31. The van der Waals surface area contributed by atoms with Gasteiger partial charge in [0.05, 0.1) is 18.7 Å². The summed E-state index contributed by atoms with van der Waals surface area (Å²) in [6.07, 6.45) is 1.55. The molecule has 3 aromatic rings. The van der Waals surface area contributed by atoms with Crippen LogP contribution in [0, 0.1) is 0 Å². The third kappa shape index (κ3) is 7.24. The van der Waals surface area contributed by atoms with Crippen molar-refractivity contribution in [2.45, 2.75) is 19.3 Å². The molecule has 3 rings (SSSR count). The molecule has 31 heavy (non-hydrogen) atoms.